The van der Waals surface area contributed by atoms with Gasteiger partial charge < -0.3 is 4.98 Å². The van der Waals surface area contributed by atoms with E-state index in [0.717, 1.165) is 0 Å². The molecule has 5 nitrogen and oxygen atoms in total. The van der Waals surface area contributed by atoms with Crippen molar-refractivity contribution < 1.29 is 4.92 Å². The quantitative estimate of drug-likeness (QED) is 0.420. The largest absolute Gasteiger partial charge is 0.321 e. The maximum atomic E-state index is 11.9. The summed E-state index contributed by atoms with van der Waals surface area (Å²) >= 11 is 5.93. The maximum Gasteiger partial charge on any atom is 0.278 e. The molecular formula is C13H7ClN2O3. The lowest BCUT2D eigenvalue weighted by Crippen LogP contribution is -2.07. The van der Waals surface area contributed by atoms with Gasteiger partial charge in [-0.2, -0.15) is 0 Å². The lowest BCUT2D eigenvalue weighted by Gasteiger charge is -2.04. The van der Waals surface area contributed by atoms with E-state index >= 15 is 0 Å². The van der Waals surface area contributed by atoms with Gasteiger partial charge in [0, 0.05) is 22.0 Å². The second kappa shape index (κ2) is 4.07. The molecule has 1 heterocycles. The number of hydrogen-bond donors (Lipinski definition) is 1. The summed E-state index contributed by atoms with van der Waals surface area (Å²) in [6, 6.07) is 9.30. The lowest BCUT2D eigenvalue weighted by atomic mass is 10.0. The van der Waals surface area contributed by atoms with Crippen molar-refractivity contribution in [3.8, 4) is 0 Å². The van der Waals surface area contributed by atoms with E-state index in [0.29, 0.717) is 21.3 Å². The number of H-pyrrole nitrogens is 1. The average Bonchev–Trinajstić information content (AvgIpc) is 2.39. The third kappa shape index (κ3) is 1.75. The second-order valence-corrected chi connectivity index (χ2v) is 4.54. The van der Waals surface area contributed by atoms with Gasteiger partial charge in [-0.1, -0.05) is 17.7 Å². The number of nitro groups is 1. The van der Waals surface area contributed by atoms with Crippen LogP contribution in [0.25, 0.3) is 21.7 Å². The third-order valence-corrected chi connectivity index (χ3v) is 3.22. The van der Waals surface area contributed by atoms with Crippen molar-refractivity contribution in [1.29, 1.82) is 0 Å². The molecule has 3 aromatic rings. The SMILES string of the molecule is O=c1[nH]c2ccc(Cl)cc2c2c([N+](=O)[O-])cccc12. The Hall–Kier alpha value is -2.40. The molecule has 0 aliphatic heterocycles. The van der Waals surface area contributed by atoms with Crippen LogP contribution in [0, 0.1) is 10.1 Å². The van der Waals surface area contributed by atoms with Crippen LogP contribution in [0.3, 0.4) is 0 Å². The van der Waals surface area contributed by atoms with E-state index in [1.807, 2.05) is 0 Å². The number of pyridine rings is 1. The molecule has 0 aliphatic rings. The molecule has 0 bridgehead atoms. The van der Waals surface area contributed by atoms with Crippen LogP contribution in [0.5, 0.6) is 0 Å². The Kier molecular flexibility index (Phi) is 2.50. The van der Waals surface area contributed by atoms with Gasteiger partial charge in [0.05, 0.1) is 15.7 Å². The van der Waals surface area contributed by atoms with E-state index in [4.69, 9.17) is 11.6 Å². The predicted octanol–water partition coefficient (Wildman–Crippen LogP) is 3.24. The molecule has 0 amide bonds. The summed E-state index contributed by atoms with van der Waals surface area (Å²) in [6.07, 6.45) is 0. The third-order valence-electron chi connectivity index (χ3n) is 2.98. The smallest absolute Gasteiger partial charge is 0.278 e. The van der Waals surface area contributed by atoms with Crippen LogP contribution in [-0.4, -0.2) is 9.91 Å². The summed E-state index contributed by atoms with van der Waals surface area (Å²) in [5.74, 6) is 0. The number of halogens is 1. The van der Waals surface area contributed by atoms with Gasteiger partial charge in [0.1, 0.15) is 0 Å². The molecule has 1 N–H and O–H groups in total. The fourth-order valence-corrected chi connectivity index (χ4v) is 2.36. The second-order valence-electron chi connectivity index (χ2n) is 4.10. The van der Waals surface area contributed by atoms with Crippen molar-refractivity contribution in [2.45, 2.75) is 0 Å². The number of rotatable bonds is 1. The number of non-ortho nitro benzene ring substituents is 1. The topological polar surface area (TPSA) is 76.0 Å². The molecule has 0 saturated heterocycles. The first kappa shape index (κ1) is 11.7. The summed E-state index contributed by atoms with van der Waals surface area (Å²) in [7, 11) is 0. The average molecular weight is 275 g/mol. The summed E-state index contributed by atoms with van der Waals surface area (Å²) < 4.78 is 0. The lowest BCUT2D eigenvalue weighted by molar-refractivity contribution is -0.383. The van der Waals surface area contributed by atoms with E-state index in [1.54, 1.807) is 24.3 Å². The number of hydrogen-bond acceptors (Lipinski definition) is 3. The maximum absolute atomic E-state index is 11.9. The Morgan fingerprint density at radius 2 is 1.95 bits per heavy atom. The fourth-order valence-electron chi connectivity index (χ4n) is 2.19. The molecule has 0 atom stereocenters. The molecule has 0 fully saturated rings. The molecule has 2 aromatic carbocycles. The number of nitrogens with one attached hydrogen (secondary N) is 1. The summed E-state index contributed by atoms with van der Waals surface area (Å²) in [4.78, 5) is 25.2. The fraction of sp³-hybridized carbons (Fsp3) is 0. The highest BCUT2D eigenvalue weighted by Gasteiger charge is 2.16. The normalized spacial score (nSPS) is 11.0. The molecule has 0 aliphatic carbocycles. The zero-order valence-corrected chi connectivity index (χ0v) is 10.3. The van der Waals surface area contributed by atoms with Crippen molar-refractivity contribution in [2.24, 2.45) is 0 Å². The van der Waals surface area contributed by atoms with Crippen molar-refractivity contribution in [1.82, 2.24) is 4.98 Å². The number of nitro benzene ring substituents is 1. The minimum atomic E-state index is -0.498. The Morgan fingerprint density at radius 1 is 1.16 bits per heavy atom. The Labute approximate surface area is 111 Å². The highest BCUT2D eigenvalue weighted by Crippen LogP contribution is 2.31. The predicted molar refractivity (Wildman–Crippen MR) is 73.7 cm³/mol. The van der Waals surface area contributed by atoms with Gasteiger partial charge in [0.25, 0.3) is 11.2 Å². The van der Waals surface area contributed by atoms with E-state index in [9.17, 15) is 14.9 Å². The number of benzene rings is 2. The molecule has 0 spiro atoms. The standard InChI is InChI=1S/C13H7ClN2O3/c14-7-4-5-10-9(6-7)12-8(13(17)15-10)2-1-3-11(12)16(18)19/h1-6H,(H,15,17). The van der Waals surface area contributed by atoms with Crippen LogP contribution in [0.1, 0.15) is 0 Å². The van der Waals surface area contributed by atoms with Gasteiger partial charge in [0.15, 0.2) is 0 Å². The minimum Gasteiger partial charge on any atom is -0.321 e. The molecule has 6 heteroatoms. The monoisotopic (exact) mass is 274 g/mol. The number of nitrogens with zero attached hydrogens (tertiary/aromatic N) is 1. The van der Waals surface area contributed by atoms with Crippen molar-refractivity contribution >= 4 is 39.0 Å². The van der Waals surface area contributed by atoms with E-state index in [-0.39, 0.29) is 16.6 Å². The van der Waals surface area contributed by atoms with Crippen LogP contribution in [0.15, 0.2) is 41.2 Å². The molecule has 19 heavy (non-hydrogen) atoms. The molecule has 0 saturated carbocycles. The highest BCUT2D eigenvalue weighted by molar-refractivity contribution is 6.31. The Bertz CT molecular complexity index is 886. The van der Waals surface area contributed by atoms with Gasteiger partial charge in [0.2, 0.25) is 0 Å². The van der Waals surface area contributed by atoms with Crippen LogP contribution in [0.2, 0.25) is 5.02 Å². The van der Waals surface area contributed by atoms with Gasteiger partial charge in [-0.15, -0.1) is 0 Å². The minimum absolute atomic E-state index is 0.101. The molecule has 1 aromatic heterocycles. The first-order valence-corrected chi connectivity index (χ1v) is 5.84. The highest BCUT2D eigenvalue weighted by atomic mass is 35.5. The number of aromatic amines is 1. The molecular weight excluding hydrogens is 268 g/mol. The van der Waals surface area contributed by atoms with Crippen molar-refractivity contribution in [2.75, 3.05) is 0 Å². The molecule has 0 unspecified atom stereocenters. The van der Waals surface area contributed by atoms with Gasteiger partial charge in [-0.05, 0) is 24.3 Å². The van der Waals surface area contributed by atoms with Gasteiger partial charge in [-0.25, -0.2) is 0 Å². The van der Waals surface area contributed by atoms with Crippen LogP contribution in [-0.2, 0) is 0 Å². The number of aromatic nitrogens is 1. The zero-order valence-electron chi connectivity index (χ0n) is 9.51. The van der Waals surface area contributed by atoms with Crippen molar-refractivity contribution in [3.05, 3.63) is 61.9 Å². The zero-order chi connectivity index (χ0) is 13.6. The van der Waals surface area contributed by atoms with Crippen LogP contribution >= 0.6 is 11.6 Å². The van der Waals surface area contributed by atoms with E-state index in [2.05, 4.69) is 4.98 Å². The molecule has 3 rings (SSSR count). The van der Waals surface area contributed by atoms with E-state index < -0.39 is 4.92 Å². The summed E-state index contributed by atoms with van der Waals surface area (Å²) in [5, 5.41) is 12.7. The first-order valence-electron chi connectivity index (χ1n) is 5.46. The summed E-state index contributed by atoms with van der Waals surface area (Å²) in [6.45, 7) is 0. The van der Waals surface area contributed by atoms with Crippen LogP contribution < -0.4 is 5.56 Å². The number of fused-ring (bicyclic) bond motifs is 3. The van der Waals surface area contributed by atoms with Crippen LogP contribution in [0.4, 0.5) is 5.69 Å². The van der Waals surface area contributed by atoms with Crippen molar-refractivity contribution in [3.63, 3.8) is 0 Å². The molecule has 0 radical (unpaired) electrons. The Balaban J connectivity index is 2.67. The first-order chi connectivity index (χ1) is 9.08. The van der Waals surface area contributed by atoms with E-state index in [1.165, 1.54) is 12.1 Å². The van der Waals surface area contributed by atoms with Gasteiger partial charge in [-0.3, -0.25) is 14.9 Å². The summed E-state index contributed by atoms with van der Waals surface area (Å²) in [5.41, 5.74) is 0.0700. The van der Waals surface area contributed by atoms with Gasteiger partial charge >= 0.3 is 0 Å². The Morgan fingerprint density at radius 3 is 2.68 bits per heavy atom. The molecule has 94 valence electrons.